The third kappa shape index (κ3) is 5.09. The van der Waals surface area contributed by atoms with Crippen LogP contribution in [0.2, 0.25) is 0 Å². The van der Waals surface area contributed by atoms with Crippen molar-refractivity contribution in [1.82, 2.24) is 5.32 Å². The second kappa shape index (κ2) is 7.14. The third-order valence-electron chi connectivity index (χ3n) is 2.81. The van der Waals surface area contributed by atoms with Gasteiger partial charge in [-0.2, -0.15) is 0 Å². The smallest absolute Gasteiger partial charge is 0.0129 e. The first-order valence-corrected chi connectivity index (χ1v) is 5.55. The van der Waals surface area contributed by atoms with Crippen molar-refractivity contribution in [3.8, 4) is 0 Å². The van der Waals surface area contributed by atoms with E-state index in [1.165, 1.54) is 12.0 Å². The predicted molar refractivity (Wildman–Crippen MR) is 61.0 cm³/mol. The van der Waals surface area contributed by atoms with Gasteiger partial charge in [-0.3, -0.25) is 0 Å². The molecular formula is C12H25N. The Morgan fingerprint density at radius 2 is 1.92 bits per heavy atom. The van der Waals surface area contributed by atoms with Crippen LogP contribution in [-0.2, 0) is 0 Å². The summed E-state index contributed by atoms with van der Waals surface area (Å²) in [5.41, 5.74) is 1.37. The summed E-state index contributed by atoms with van der Waals surface area (Å²) in [6, 6.07) is 0.627. The summed E-state index contributed by atoms with van der Waals surface area (Å²) in [4.78, 5) is 0. The van der Waals surface area contributed by atoms with Crippen LogP contribution in [0, 0.1) is 5.92 Å². The quantitative estimate of drug-likeness (QED) is 0.597. The van der Waals surface area contributed by atoms with Crippen LogP contribution in [0.5, 0.6) is 0 Å². The Morgan fingerprint density at radius 1 is 1.31 bits per heavy atom. The minimum atomic E-state index is 0.627. The maximum Gasteiger partial charge on any atom is 0.0129 e. The zero-order chi connectivity index (χ0) is 10.3. The van der Waals surface area contributed by atoms with Crippen LogP contribution in [0.15, 0.2) is 12.2 Å². The molecule has 0 fully saturated rings. The lowest BCUT2D eigenvalue weighted by atomic mass is 9.92. The molecule has 1 N–H and O–H groups in total. The molecule has 0 aliphatic heterocycles. The number of hydrogen-bond acceptors (Lipinski definition) is 1. The molecular weight excluding hydrogens is 158 g/mol. The summed E-state index contributed by atoms with van der Waals surface area (Å²) in [5.74, 6) is 0.753. The van der Waals surface area contributed by atoms with Crippen molar-refractivity contribution >= 4 is 0 Å². The van der Waals surface area contributed by atoms with Crippen LogP contribution >= 0.6 is 0 Å². The Kier molecular flexibility index (Phi) is 6.97. The Labute approximate surface area is 83.6 Å². The molecule has 0 aliphatic rings. The van der Waals surface area contributed by atoms with Crippen LogP contribution in [0.25, 0.3) is 0 Å². The molecule has 13 heavy (non-hydrogen) atoms. The van der Waals surface area contributed by atoms with E-state index >= 15 is 0 Å². The predicted octanol–water partition coefficient (Wildman–Crippen LogP) is 3.37. The molecule has 0 aromatic carbocycles. The normalized spacial score (nSPS) is 15.4. The van der Waals surface area contributed by atoms with Gasteiger partial charge < -0.3 is 5.32 Å². The fourth-order valence-electron chi connectivity index (χ4n) is 1.48. The fourth-order valence-corrected chi connectivity index (χ4v) is 1.48. The molecule has 0 heterocycles. The molecule has 0 saturated heterocycles. The molecule has 0 aromatic heterocycles. The van der Waals surface area contributed by atoms with E-state index in [0.717, 1.165) is 25.3 Å². The van der Waals surface area contributed by atoms with E-state index in [9.17, 15) is 0 Å². The van der Waals surface area contributed by atoms with Crippen molar-refractivity contribution in [3.63, 3.8) is 0 Å². The first-order valence-electron chi connectivity index (χ1n) is 5.55. The van der Waals surface area contributed by atoms with Gasteiger partial charge in [0.05, 0.1) is 0 Å². The molecule has 1 heteroatoms. The zero-order valence-corrected chi connectivity index (χ0v) is 9.69. The molecule has 0 aliphatic carbocycles. The average molecular weight is 183 g/mol. The van der Waals surface area contributed by atoms with E-state index in [4.69, 9.17) is 0 Å². The maximum atomic E-state index is 4.07. The van der Waals surface area contributed by atoms with Gasteiger partial charge in [-0.1, -0.05) is 46.3 Å². The van der Waals surface area contributed by atoms with Gasteiger partial charge in [-0.05, 0) is 25.3 Å². The number of hydrogen-bond donors (Lipinski definition) is 1. The van der Waals surface area contributed by atoms with E-state index in [-0.39, 0.29) is 0 Å². The minimum Gasteiger partial charge on any atom is -0.314 e. The lowest BCUT2D eigenvalue weighted by molar-refractivity contribution is 0.369. The molecule has 0 amide bonds. The molecule has 0 spiro atoms. The van der Waals surface area contributed by atoms with Crippen LogP contribution in [0.3, 0.4) is 0 Å². The van der Waals surface area contributed by atoms with Gasteiger partial charge in [0.2, 0.25) is 0 Å². The van der Waals surface area contributed by atoms with Crippen LogP contribution in [0.1, 0.15) is 47.0 Å². The summed E-state index contributed by atoms with van der Waals surface area (Å²) in [5, 5.41) is 3.54. The van der Waals surface area contributed by atoms with E-state index in [1.807, 2.05) is 0 Å². The highest BCUT2D eigenvalue weighted by Gasteiger charge is 2.14. The molecule has 0 aromatic rings. The monoisotopic (exact) mass is 183 g/mol. The second-order valence-corrected chi connectivity index (χ2v) is 3.86. The highest BCUT2D eigenvalue weighted by atomic mass is 14.9. The minimum absolute atomic E-state index is 0.627. The van der Waals surface area contributed by atoms with Crippen LogP contribution < -0.4 is 5.32 Å². The largest absolute Gasteiger partial charge is 0.314 e. The highest BCUT2D eigenvalue weighted by molar-refractivity contribution is 4.97. The van der Waals surface area contributed by atoms with Gasteiger partial charge >= 0.3 is 0 Å². The second-order valence-electron chi connectivity index (χ2n) is 3.86. The number of nitrogens with one attached hydrogen (secondary N) is 1. The van der Waals surface area contributed by atoms with Gasteiger partial charge in [-0.15, -0.1) is 0 Å². The summed E-state index contributed by atoms with van der Waals surface area (Å²) in [6.07, 6.45) is 3.49. The van der Waals surface area contributed by atoms with Crippen molar-refractivity contribution in [2.24, 2.45) is 5.92 Å². The van der Waals surface area contributed by atoms with E-state index in [1.54, 1.807) is 0 Å². The number of rotatable bonds is 7. The molecule has 2 unspecified atom stereocenters. The van der Waals surface area contributed by atoms with Crippen molar-refractivity contribution < 1.29 is 0 Å². The highest BCUT2D eigenvalue weighted by Crippen LogP contribution is 2.16. The first kappa shape index (κ1) is 12.7. The van der Waals surface area contributed by atoms with Gasteiger partial charge in [0.25, 0.3) is 0 Å². The van der Waals surface area contributed by atoms with Gasteiger partial charge in [0.1, 0.15) is 0 Å². The fraction of sp³-hybridized carbons (Fsp3) is 0.833. The van der Waals surface area contributed by atoms with Crippen LogP contribution in [0.4, 0.5) is 0 Å². The first-order chi connectivity index (χ1) is 6.15. The lowest BCUT2D eigenvalue weighted by Crippen LogP contribution is -2.34. The lowest BCUT2D eigenvalue weighted by Gasteiger charge is -2.24. The molecule has 0 saturated carbocycles. The van der Waals surface area contributed by atoms with E-state index in [0.29, 0.717) is 6.04 Å². The standard InChI is InChI=1S/C12H25N/c1-6-10(4)9-12(13-8-3)11(5)7-2/h11-13H,4,6-9H2,1-3,5H3. The van der Waals surface area contributed by atoms with Gasteiger partial charge in [0, 0.05) is 6.04 Å². The Balaban J connectivity index is 4.00. The third-order valence-corrected chi connectivity index (χ3v) is 2.81. The molecule has 0 rings (SSSR count). The molecule has 0 radical (unpaired) electrons. The van der Waals surface area contributed by atoms with Gasteiger partial charge in [0.15, 0.2) is 0 Å². The molecule has 0 bridgehead atoms. The van der Waals surface area contributed by atoms with E-state index in [2.05, 4.69) is 39.6 Å². The topological polar surface area (TPSA) is 12.0 Å². The van der Waals surface area contributed by atoms with Crippen LogP contribution in [-0.4, -0.2) is 12.6 Å². The molecule has 78 valence electrons. The Bertz CT molecular complexity index is 140. The van der Waals surface area contributed by atoms with Crippen molar-refractivity contribution in [2.45, 2.75) is 53.0 Å². The Hall–Kier alpha value is -0.300. The summed E-state index contributed by atoms with van der Waals surface area (Å²) in [7, 11) is 0. The van der Waals surface area contributed by atoms with E-state index < -0.39 is 0 Å². The summed E-state index contributed by atoms with van der Waals surface area (Å²) >= 11 is 0. The molecule has 2 atom stereocenters. The molecule has 1 nitrogen and oxygen atoms in total. The SMILES string of the molecule is C=C(CC)CC(NCC)C(C)CC. The summed E-state index contributed by atoms with van der Waals surface area (Å²) < 4.78 is 0. The van der Waals surface area contributed by atoms with Gasteiger partial charge in [-0.25, -0.2) is 0 Å². The van der Waals surface area contributed by atoms with Crippen molar-refractivity contribution in [1.29, 1.82) is 0 Å². The zero-order valence-electron chi connectivity index (χ0n) is 9.69. The Morgan fingerprint density at radius 3 is 2.31 bits per heavy atom. The van der Waals surface area contributed by atoms with Crippen molar-refractivity contribution in [2.75, 3.05) is 6.54 Å². The maximum absolute atomic E-state index is 4.07. The summed E-state index contributed by atoms with van der Waals surface area (Å²) in [6.45, 7) is 14.1. The van der Waals surface area contributed by atoms with Crippen molar-refractivity contribution in [3.05, 3.63) is 12.2 Å². The average Bonchev–Trinajstić information content (AvgIpc) is 2.15.